The zero-order valence-corrected chi connectivity index (χ0v) is 11.4. The van der Waals surface area contributed by atoms with Crippen LogP contribution in [0.2, 0.25) is 10.0 Å². The van der Waals surface area contributed by atoms with Gasteiger partial charge in [-0.3, -0.25) is 0 Å². The summed E-state index contributed by atoms with van der Waals surface area (Å²) < 4.78 is 5.32. The zero-order chi connectivity index (χ0) is 13.0. The fourth-order valence-electron chi connectivity index (χ4n) is 1.90. The molecule has 2 rings (SSSR count). The highest BCUT2D eigenvalue weighted by Gasteiger charge is 2.15. The molecule has 1 aromatic heterocycles. The Hall–Kier alpha value is -0.750. The summed E-state index contributed by atoms with van der Waals surface area (Å²) in [5.74, 6) is 6.94. The number of nitrogens with zero attached hydrogens (tertiary/aromatic N) is 1. The van der Waals surface area contributed by atoms with Crippen molar-refractivity contribution in [3.05, 3.63) is 16.1 Å². The molecular formula is C11H16Cl2N4O. The molecule has 1 unspecified atom stereocenters. The third kappa shape index (κ3) is 3.38. The molecule has 4 N–H and O–H groups in total. The molecule has 1 aliphatic rings. The van der Waals surface area contributed by atoms with Crippen LogP contribution in [-0.4, -0.2) is 24.7 Å². The van der Waals surface area contributed by atoms with Crippen LogP contribution in [0.4, 0.5) is 11.6 Å². The van der Waals surface area contributed by atoms with E-state index in [0.717, 1.165) is 32.6 Å². The van der Waals surface area contributed by atoms with Crippen molar-refractivity contribution in [3.8, 4) is 0 Å². The largest absolute Gasteiger partial charge is 0.381 e. The van der Waals surface area contributed by atoms with Crippen LogP contribution in [0.1, 0.15) is 12.8 Å². The normalized spacial score (nSPS) is 18.9. The first-order valence-electron chi connectivity index (χ1n) is 5.85. The van der Waals surface area contributed by atoms with Crippen LogP contribution in [0.25, 0.3) is 0 Å². The summed E-state index contributed by atoms with van der Waals surface area (Å²) in [5, 5.41) is 4.08. The number of hydrazine groups is 1. The topological polar surface area (TPSA) is 72.2 Å². The molecule has 1 aliphatic heterocycles. The third-order valence-electron chi connectivity index (χ3n) is 2.94. The van der Waals surface area contributed by atoms with E-state index < -0.39 is 0 Å². The Kier molecular flexibility index (Phi) is 4.88. The second-order valence-electron chi connectivity index (χ2n) is 4.24. The molecule has 0 aromatic carbocycles. The highest BCUT2D eigenvalue weighted by molar-refractivity contribution is 6.37. The van der Waals surface area contributed by atoms with Crippen molar-refractivity contribution in [2.45, 2.75) is 12.8 Å². The average molecular weight is 291 g/mol. The molecule has 5 nitrogen and oxygen atoms in total. The molecule has 0 amide bonds. The number of nitrogens with one attached hydrogen (secondary N) is 2. The number of rotatable bonds is 5. The minimum Gasteiger partial charge on any atom is -0.381 e. The zero-order valence-electron chi connectivity index (χ0n) is 9.88. The molecule has 2 heterocycles. The van der Waals surface area contributed by atoms with Crippen molar-refractivity contribution < 1.29 is 4.74 Å². The van der Waals surface area contributed by atoms with E-state index in [-0.39, 0.29) is 0 Å². The molecule has 18 heavy (non-hydrogen) atoms. The molecule has 0 saturated carbocycles. The molecule has 7 heteroatoms. The van der Waals surface area contributed by atoms with Gasteiger partial charge in [0.15, 0.2) is 5.82 Å². The van der Waals surface area contributed by atoms with Gasteiger partial charge in [0.1, 0.15) is 5.82 Å². The SMILES string of the molecule is NNc1nc(NCCC2CCOC2)c(Cl)cc1Cl. The van der Waals surface area contributed by atoms with Gasteiger partial charge in [0.05, 0.1) is 10.0 Å². The Morgan fingerprint density at radius 3 is 2.83 bits per heavy atom. The van der Waals surface area contributed by atoms with Gasteiger partial charge in [-0.25, -0.2) is 10.8 Å². The third-order valence-corrected chi connectivity index (χ3v) is 3.51. The maximum Gasteiger partial charge on any atom is 0.161 e. The van der Waals surface area contributed by atoms with Crippen molar-refractivity contribution in [3.63, 3.8) is 0 Å². The van der Waals surface area contributed by atoms with Gasteiger partial charge >= 0.3 is 0 Å². The summed E-state index contributed by atoms with van der Waals surface area (Å²) in [6.07, 6.45) is 2.16. The smallest absolute Gasteiger partial charge is 0.161 e. The molecular weight excluding hydrogens is 275 g/mol. The molecule has 1 aromatic rings. The van der Waals surface area contributed by atoms with E-state index in [1.165, 1.54) is 0 Å². The van der Waals surface area contributed by atoms with Crippen molar-refractivity contribution >= 4 is 34.8 Å². The lowest BCUT2D eigenvalue weighted by Crippen LogP contribution is -2.13. The lowest BCUT2D eigenvalue weighted by molar-refractivity contribution is 0.185. The van der Waals surface area contributed by atoms with Crippen molar-refractivity contribution in [2.24, 2.45) is 11.8 Å². The number of halogens is 2. The number of pyridine rings is 1. The van der Waals surface area contributed by atoms with E-state index >= 15 is 0 Å². The number of hydrogen-bond donors (Lipinski definition) is 3. The first-order valence-corrected chi connectivity index (χ1v) is 6.60. The van der Waals surface area contributed by atoms with Gasteiger partial charge in [0, 0.05) is 19.8 Å². The monoisotopic (exact) mass is 290 g/mol. The van der Waals surface area contributed by atoms with E-state index in [9.17, 15) is 0 Å². The first-order chi connectivity index (χ1) is 8.70. The summed E-state index contributed by atoms with van der Waals surface area (Å²) in [6.45, 7) is 2.51. The molecule has 0 radical (unpaired) electrons. The molecule has 0 bridgehead atoms. The number of ether oxygens (including phenoxy) is 1. The molecule has 1 saturated heterocycles. The molecule has 0 aliphatic carbocycles. The highest BCUT2D eigenvalue weighted by Crippen LogP contribution is 2.28. The van der Waals surface area contributed by atoms with Crippen molar-refractivity contribution in [2.75, 3.05) is 30.5 Å². The minimum atomic E-state index is 0.400. The number of hydrogen-bond acceptors (Lipinski definition) is 5. The lowest BCUT2D eigenvalue weighted by atomic mass is 10.1. The summed E-state index contributed by atoms with van der Waals surface area (Å²) >= 11 is 12.0. The van der Waals surface area contributed by atoms with Crippen LogP contribution in [-0.2, 0) is 4.74 Å². The number of nitrogen functional groups attached to an aromatic ring is 1. The van der Waals surface area contributed by atoms with Crippen LogP contribution in [0.5, 0.6) is 0 Å². The molecule has 1 atom stereocenters. The standard InChI is InChI=1S/C11H16Cl2N4O/c12-8-5-9(13)11(17-14)16-10(8)15-3-1-7-2-4-18-6-7/h5,7H,1-4,6,14H2,(H2,15,16,17). The summed E-state index contributed by atoms with van der Waals surface area (Å²) in [4.78, 5) is 4.21. The number of anilines is 2. The van der Waals surface area contributed by atoms with Crippen LogP contribution in [0, 0.1) is 5.92 Å². The number of nitrogens with two attached hydrogens (primary N) is 1. The van der Waals surface area contributed by atoms with Gasteiger partial charge in [-0.15, -0.1) is 0 Å². The van der Waals surface area contributed by atoms with E-state index in [1.807, 2.05) is 0 Å². The summed E-state index contributed by atoms with van der Waals surface area (Å²) in [5.41, 5.74) is 2.43. The van der Waals surface area contributed by atoms with Gasteiger partial charge in [0.2, 0.25) is 0 Å². The maximum absolute atomic E-state index is 6.05. The molecule has 100 valence electrons. The van der Waals surface area contributed by atoms with Crippen LogP contribution in [0.3, 0.4) is 0 Å². The lowest BCUT2D eigenvalue weighted by Gasteiger charge is -2.12. The average Bonchev–Trinajstić information content (AvgIpc) is 2.85. The van der Waals surface area contributed by atoms with E-state index in [2.05, 4.69) is 15.7 Å². The predicted molar refractivity (Wildman–Crippen MR) is 74.1 cm³/mol. The quantitative estimate of drug-likeness (QED) is 0.574. The molecule has 0 spiro atoms. The Labute approximate surface area is 116 Å². The van der Waals surface area contributed by atoms with E-state index in [0.29, 0.717) is 27.6 Å². The van der Waals surface area contributed by atoms with Crippen LogP contribution >= 0.6 is 23.2 Å². The van der Waals surface area contributed by atoms with Gasteiger partial charge in [-0.05, 0) is 24.8 Å². The van der Waals surface area contributed by atoms with Crippen LogP contribution in [0.15, 0.2) is 6.07 Å². The summed E-state index contributed by atoms with van der Waals surface area (Å²) in [6, 6.07) is 1.62. The fraction of sp³-hybridized carbons (Fsp3) is 0.545. The minimum absolute atomic E-state index is 0.400. The Morgan fingerprint density at radius 1 is 1.39 bits per heavy atom. The second kappa shape index (κ2) is 6.43. The first kappa shape index (κ1) is 13.7. The van der Waals surface area contributed by atoms with Crippen LogP contribution < -0.4 is 16.6 Å². The predicted octanol–water partition coefficient (Wildman–Crippen LogP) is 2.51. The van der Waals surface area contributed by atoms with Crippen molar-refractivity contribution in [1.29, 1.82) is 0 Å². The summed E-state index contributed by atoms with van der Waals surface area (Å²) in [7, 11) is 0. The molecule has 1 fully saturated rings. The van der Waals surface area contributed by atoms with E-state index in [1.54, 1.807) is 6.07 Å². The maximum atomic E-state index is 6.05. The van der Waals surface area contributed by atoms with E-state index in [4.69, 9.17) is 33.8 Å². The second-order valence-corrected chi connectivity index (χ2v) is 5.05. The Balaban J connectivity index is 1.91. The van der Waals surface area contributed by atoms with Gasteiger partial charge in [-0.2, -0.15) is 0 Å². The fourth-order valence-corrected chi connectivity index (χ4v) is 2.38. The van der Waals surface area contributed by atoms with Crippen molar-refractivity contribution in [1.82, 2.24) is 4.98 Å². The highest BCUT2D eigenvalue weighted by atomic mass is 35.5. The number of aromatic nitrogens is 1. The van der Waals surface area contributed by atoms with Gasteiger partial charge in [-0.1, -0.05) is 23.2 Å². The Morgan fingerprint density at radius 2 is 2.17 bits per heavy atom. The Bertz CT molecular complexity index is 410. The van der Waals surface area contributed by atoms with Gasteiger partial charge in [0.25, 0.3) is 0 Å². The van der Waals surface area contributed by atoms with Gasteiger partial charge < -0.3 is 15.5 Å².